The van der Waals surface area contributed by atoms with Crippen LogP contribution in [0.2, 0.25) is 0 Å². The van der Waals surface area contributed by atoms with Crippen LogP contribution in [0.25, 0.3) is 11.1 Å². The molecule has 1 aliphatic rings. The lowest BCUT2D eigenvalue weighted by molar-refractivity contribution is -0.141. The van der Waals surface area contributed by atoms with Crippen LogP contribution in [-0.2, 0) is 9.59 Å². The van der Waals surface area contributed by atoms with Gasteiger partial charge in [0.05, 0.1) is 5.00 Å². The molecule has 1 aliphatic carbocycles. The molecule has 2 N–H and O–H groups in total. The first kappa shape index (κ1) is 20.4. The fourth-order valence-electron chi connectivity index (χ4n) is 4.18. The number of carboxylic acid groups (broad SMARTS) is 1. The zero-order valence-corrected chi connectivity index (χ0v) is 17.5. The van der Waals surface area contributed by atoms with Gasteiger partial charge in [-0.05, 0) is 47.1 Å². The quantitative estimate of drug-likeness (QED) is 0.463. The summed E-state index contributed by atoms with van der Waals surface area (Å²) < 4.78 is 0. The van der Waals surface area contributed by atoms with Crippen molar-refractivity contribution in [2.24, 2.45) is 0 Å². The van der Waals surface area contributed by atoms with Crippen LogP contribution in [0, 0.1) is 0 Å². The van der Waals surface area contributed by atoms with Crippen molar-refractivity contribution in [1.82, 2.24) is 0 Å². The van der Waals surface area contributed by atoms with E-state index in [1.807, 2.05) is 11.4 Å². The maximum Gasteiger partial charge on any atom is 0.320 e. The van der Waals surface area contributed by atoms with Crippen molar-refractivity contribution in [3.63, 3.8) is 0 Å². The third-order valence-corrected chi connectivity index (χ3v) is 6.65. The SMILES string of the molecule is O=C(O)[C@H](C(=O)Nc1cc(-c2ccc(C3CCCCC3)cc2)cs1)c1ccccc1. The summed E-state index contributed by atoms with van der Waals surface area (Å²) in [5, 5.41) is 14.9. The largest absolute Gasteiger partial charge is 0.480 e. The molecule has 3 aromatic rings. The number of hydrogen-bond acceptors (Lipinski definition) is 3. The molecule has 5 heteroatoms. The first-order chi connectivity index (χ1) is 14.6. The van der Waals surface area contributed by atoms with Gasteiger partial charge >= 0.3 is 5.97 Å². The van der Waals surface area contributed by atoms with Crippen molar-refractivity contribution in [1.29, 1.82) is 0 Å². The van der Waals surface area contributed by atoms with Gasteiger partial charge in [0, 0.05) is 5.38 Å². The minimum absolute atomic E-state index is 0.470. The molecule has 1 amide bonds. The van der Waals surface area contributed by atoms with Gasteiger partial charge in [-0.2, -0.15) is 0 Å². The van der Waals surface area contributed by atoms with Crippen molar-refractivity contribution in [3.05, 3.63) is 77.2 Å². The number of rotatable bonds is 6. The first-order valence-electron chi connectivity index (χ1n) is 10.4. The Hall–Kier alpha value is -2.92. The molecule has 0 spiro atoms. The van der Waals surface area contributed by atoms with E-state index < -0.39 is 17.8 Å². The number of hydrogen-bond donors (Lipinski definition) is 2. The Balaban J connectivity index is 1.46. The predicted molar refractivity (Wildman–Crippen MR) is 121 cm³/mol. The second kappa shape index (κ2) is 9.26. The third kappa shape index (κ3) is 4.62. The van der Waals surface area contributed by atoms with Crippen LogP contribution in [0.4, 0.5) is 5.00 Å². The van der Waals surface area contributed by atoms with Crippen LogP contribution in [0.3, 0.4) is 0 Å². The summed E-state index contributed by atoms with van der Waals surface area (Å²) in [5.41, 5.74) is 4.01. The average Bonchev–Trinajstić information content (AvgIpc) is 3.23. The Morgan fingerprint density at radius 2 is 1.63 bits per heavy atom. The normalized spacial score (nSPS) is 15.5. The van der Waals surface area contributed by atoms with Crippen LogP contribution in [-0.4, -0.2) is 17.0 Å². The zero-order valence-electron chi connectivity index (χ0n) is 16.7. The Morgan fingerprint density at radius 1 is 0.933 bits per heavy atom. The molecule has 154 valence electrons. The monoisotopic (exact) mass is 419 g/mol. The molecule has 1 fully saturated rings. The molecular formula is C25H25NO3S. The Morgan fingerprint density at radius 3 is 2.30 bits per heavy atom. The topological polar surface area (TPSA) is 66.4 Å². The van der Waals surface area contributed by atoms with E-state index in [0.29, 0.717) is 16.5 Å². The highest BCUT2D eigenvalue weighted by atomic mass is 32.1. The maximum absolute atomic E-state index is 12.6. The lowest BCUT2D eigenvalue weighted by Gasteiger charge is -2.22. The molecule has 0 bridgehead atoms. The van der Waals surface area contributed by atoms with E-state index in [-0.39, 0.29) is 0 Å². The fraction of sp³-hybridized carbons (Fsp3) is 0.280. The number of aliphatic carboxylic acids is 1. The van der Waals surface area contributed by atoms with Gasteiger partial charge in [0.2, 0.25) is 5.91 Å². The summed E-state index contributed by atoms with van der Waals surface area (Å²) >= 11 is 1.40. The molecule has 1 atom stereocenters. The predicted octanol–water partition coefficient (Wildman–Crippen LogP) is 6.27. The zero-order chi connectivity index (χ0) is 20.9. The lowest BCUT2D eigenvalue weighted by Crippen LogP contribution is -2.27. The van der Waals surface area contributed by atoms with E-state index in [1.165, 1.54) is 49.0 Å². The van der Waals surface area contributed by atoms with Gasteiger partial charge in [-0.15, -0.1) is 11.3 Å². The average molecular weight is 420 g/mol. The van der Waals surface area contributed by atoms with E-state index in [9.17, 15) is 14.7 Å². The van der Waals surface area contributed by atoms with E-state index in [4.69, 9.17) is 0 Å². The number of amides is 1. The smallest absolute Gasteiger partial charge is 0.320 e. The number of carbonyl (C=O) groups is 2. The highest BCUT2D eigenvalue weighted by Gasteiger charge is 2.28. The van der Waals surface area contributed by atoms with E-state index in [1.54, 1.807) is 30.3 Å². The molecule has 0 radical (unpaired) electrons. The molecule has 4 rings (SSSR count). The number of nitrogens with one attached hydrogen (secondary N) is 1. The van der Waals surface area contributed by atoms with E-state index in [2.05, 4.69) is 29.6 Å². The number of carbonyl (C=O) groups excluding carboxylic acids is 1. The number of anilines is 1. The Kier molecular flexibility index (Phi) is 6.29. The van der Waals surface area contributed by atoms with Crippen LogP contribution in [0.1, 0.15) is 55.1 Å². The summed E-state index contributed by atoms with van der Waals surface area (Å²) in [7, 11) is 0. The van der Waals surface area contributed by atoms with E-state index in [0.717, 1.165) is 11.1 Å². The highest BCUT2D eigenvalue weighted by Crippen LogP contribution is 2.35. The summed E-state index contributed by atoms with van der Waals surface area (Å²) in [6.45, 7) is 0. The number of benzene rings is 2. The molecule has 0 unspecified atom stereocenters. The molecular weight excluding hydrogens is 394 g/mol. The molecule has 1 saturated carbocycles. The molecule has 1 aromatic heterocycles. The summed E-state index contributed by atoms with van der Waals surface area (Å²) in [6.07, 6.45) is 6.55. The summed E-state index contributed by atoms with van der Waals surface area (Å²) in [6, 6.07) is 19.2. The van der Waals surface area contributed by atoms with Crippen molar-refractivity contribution < 1.29 is 14.7 Å². The second-order valence-electron chi connectivity index (χ2n) is 7.83. The van der Waals surface area contributed by atoms with Crippen LogP contribution in [0.15, 0.2) is 66.0 Å². The molecule has 1 heterocycles. The lowest BCUT2D eigenvalue weighted by atomic mass is 9.84. The van der Waals surface area contributed by atoms with Gasteiger partial charge in [0.1, 0.15) is 0 Å². The highest BCUT2D eigenvalue weighted by molar-refractivity contribution is 7.14. The Bertz CT molecular complexity index is 1000. The Labute approximate surface area is 180 Å². The fourth-order valence-corrected chi connectivity index (χ4v) is 4.99. The van der Waals surface area contributed by atoms with Gasteiger partial charge in [0.25, 0.3) is 0 Å². The van der Waals surface area contributed by atoms with Gasteiger partial charge in [-0.1, -0.05) is 73.9 Å². The number of thiophene rings is 1. The molecule has 4 nitrogen and oxygen atoms in total. The molecule has 0 aliphatic heterocycles. The van der Waals surface area contributed by atoms with Gasteiger partial charge < -0.3 is 10.4 Å². The van der Waals surface area contributed by atoms with Gasteiger partial charge in [-0.25, -0.2) is 0 Å². The molecule has 0 saturated heterocycles. The summed E-state index contributed by atoms with van der Waals surface area (Å²) in [4.78, 5) is 24.3. The van der Waals surface area contributed by atoms with Crippen LogP contribution >= 0.6 is 11.3 Å². The first-order valence-corrected chi connectivity index (χ1v) is 11.3. The third-order valence-electron chi connectivity index (χ3n) is 5.81. The van der Waals surface area contributed by atoms with Gasteiger partial charge in [-0.3, -0.25) is 9.59 Å². The van der Waals surface area contributed by atoms with Crippen molar-refractivity contribution in [2.45, 2.75) is 43.9 Å². The van der Waals surface area contributed by atoms with Crippen LogP contribution in [0.5, 0.6) is 0 Å². The standard InChI is InChI=1S/C25H25NO3S/c27-24(23(25(28)29)20-9-5-2-6-10-20)26-22-15-21(16-30-22)19-13-11-18(12-14-19)17-7-3-1-4-8-17/h2,5-6,9-17,23H,1,3-4,7-8H2,(H,26,27)(H,28,29)/t23-/m0/s1. The van der Waals surface area contributed by atoms with Crippen LogP contribution < -0.4 is 5.32 Å². The summed E-state index contributed by atoms with van der Waals surface area (Å²) in [5.74, 6) is -2.24. The number of carboxylic acids is 1. The molecule has 30 heavy (non-hydrogen) atoms. The minimum Gasteiger partial charge on any atom is -0.480 e. The van der Waals surface area contributed by atoms with Crippen molar-refractivity contribution in [2.75, 3.05) is 5.32 Å². The second-order valence-corrected chi connectivity index (χ2v) is 8.74. The van der Waals surface area contributed by atoms with Crippen molar-refractivity contribution in [3.8, 4) is 11.1 Å². The molecule has 2 aromatic carbocycles. The maximum atomic E-state index is 12.6. The van der Waals surface area contributed by atoms with Gasteiger partial charge in [0.15, 0.2) is 5.92 Å². The minimum atomic E-state index is -1.23. The van der Waals surface area contributed by atoms with Crippen molar-refractivity contribution >= 4 is 28.2 Å². The van der Waals surface area contributed by atoms with E-state index >= 15 is 0 Å².